The molecule has 0 aliphatic rings. The molecule has 0 bridgehead atoms. The highest BCUT2D eigenvalue weighted by molar-refractivity contribution is 7.92. The second kappa shape index (κ2) is 12.5. The van der Waals surface area contributed by atoms with Gasteiger partial charge in [0.1, 0.15) is 12.6 Å². The van der Waals surface area contributed by atoms with Gasteiger partial charge in [-0.15, -0.1) is 0 Å². The van der Waals surface area contributed by atoms with E-state index in [1.807, 2.05) is 6.92 Å². The summed E-state index contributed by atoms with van der Waals surface area (Å²) >= 11 is 6.07. The maximum atomic E-state index is 13.4. The number of amides is 2. The van der Waals surface area contributed by atoms with Crippen LogP contribution in [0.25, 0.3) is 0 Å². The number of carbonyl (C=O) groups is 2. The van der Waals surface area contributed by atoms with Gasteiger partial charge in [-0.05, 0) is 37.1 Å². The fourth-order valence-corrected chi connectivity index (χ4v) is 4.38. The Morgan fingerprint density at radius 2 is 1.86 bits per heavy atom. The van der Waals surface area contributed by atoms with Crippen LogP contribution < -0.4 is 9.62 Å². The number of non-ortho nitro benzene ring substituents is 1. The normalized spacial score (nSPS) is 12.0. The fourth-order valence-electron chi connectivity index (χ4n) is 3.33. The summed E-state index contributed by atoms with van der Waals surface area (Å²) in [5.41, 5.74) is 0.307. The molecule has 35 heavy (non-hydrogen) atoms. The molecule has 2 amide bonds. The van der Waals surface area contributed by atoms with E-state index >= 15 is 0 Å². The van der Waals surface area contributed by atoms with Crippen molar-refractivity contribution >= 4 is 44.8 Å². The average molecular weight is 525 g/mol. The highest BCUT2D eigenvalue weighted by atomic mass is 35.5. The summed E-state index contributed by atoms with van der Waals surface area (Å²) in [6.07, 6.45) is 2.56. The molecule has 0 aromatic heterocycles. The molecule has 0 saturated carbocycles. The van der Waals surface area contributed by atoms with E-state index in [0.717, 1.165) is 29.5 Å². The summed E-state index contributed by atoms with van der Waals surface area (Å²) in [6.45, 7) is 3.35. The van der Waals surface area contributed by atoms with Crippen LogP contribution in [0.4, 0.5) is 11.4 Å². The number of sulfonamides is 1. The monoisotopic (exact) mass is 524 g/mol. The lowest BCUT2D eigenvalue weighted by Gasteiger charge is -2.31. The standard InChI is InChI=1S/C23H29ClN4O6S/c1-4-5-12-25-23(30)17(2)26(15-18-8-6-9-19(24)13-18)22(29)16-27(35(3,33)34)20-10-7-11-21(14-20)28(31)32/h6-11,13-14,17H,4-5,12,15-16H2,1-3H3,(H,25,30). The summed E-state index contributed by atoms with van der Waals surface area (Å²) in [5, 5.41) is 14.4. The molecule has 1 unspecified atom stereocenters. The van der Waals surface area contributed by atoms with Gasteiger partial charge in [0.15, 0.2) is 0 Å². The minimum atomic E-state index is -3.99. The molecule has 0 spiro atoms. The van der Waals surface area contributed by atoms with Crippen LogP contribution in [0.2, 0.25) is 5.02 Å². The zero-order valence-corrected chi connectivity index (χ0v) is 21.4. The van der Waals surface area contributed by atoms with Crippen LogP contribution in [-0.2, 0) is 26.2 Å². The number of nitrogens with one attached hydrogen (secondary N) is 1. The van der Waals surface area contributed by atoms with Gasteiger partial charge in [-0.25, -0.2) is 8.42 Å². The Balaban J connectivity index is 2.39. The summed E-state index contributed by atoms with van der Waals surface area (Å²) in [6, 6.07) is 10.9. The van der Waals surface area contributed by atoms with E-state index in [1.165, 1.54) is 23.1 Å². The lowest BCUT2D eigenvalue weighted by atomic mass is 10.1. The summed E-state index contributed by atoms with van der Waals surface area (Å²) < 4.78 is 25.9. The van der Waals surface area contributed by atoms with Crippen molar-refractivity contribution in [2.75, 3.05) is 23.7 Å². The first-order chi connectivity index (χ1) is 16.4. The fraction of sp³-hybridized carbons (Fsp3) is 0.391. The first-order valence-electron chi connectivity index (χ1n) is 11.0. The van der Waals surface area contributed by atoms with E-state index in [1.54, 1.807) is 31.2 Å². The van der Waals surface area contributed by atoms with Crippen molar-refractivity contribution in [2.45, 2.75) is 39.3 Å². The number of unbranched alkanes of at least 4 members (excludes halogenated alkanes) is 1. The van der Waals surface area contributed by atoms with Crippen LogP contribution in [0.3, 0.4) is 0 Å². The number of benzene rings is 2. The third-order valence-electron chi connectivity index (χ3n) is 5.25. The minimum absolute atomic E-state index is 0.00823. The van der Waals surface area contributed by atoms with E-state index in [9.17, 15) is 28.1 Å². The first kappa shape index (κ1) is 28.1. The molecule has 2 rings (SSSR count). The van der Waals surface area contributed by atoms with Crippen LogP contribution in [0.1, 0.15) is 32.3 Å². The Kier molecular flexibility index (Phi) is 10.0. The second-order valence-corrected chi connectivity index (χ2v) is 10.4. The Morgan fingerprint density at radius 1 is 1.17 bits per heavy atom. The average Bonchev–Trinajstić information content (AvgIpc) is 2.79. The molecule has 0 radical (unpaired) electrons. The zero-order chi connectivity index (χ0) is 26.2. The third-order valence-corrected chi connectivity index (χ3v) is 6.62. The molecule has 2 aromatic carbocycles. The van der Waals surface area contributed by atoms with Gasteiger partial charge in [0.2, 0.25) is 21.8 Å². The van der Waals surface area contributed by atoms with E-state index in [4.69, 9.17) is 11.6 Å². The summed E-state index contributed by atoms with van der Waals surface area (Å²) in [5.74, 6) is -1.03. The third kappa shape index (κ3) is 8.22. The van der Waals surface area contributed by atoms with Gasteiger partial charge in [-0.1, -0.05) is 43.1 Å². The largest absolute Gasteiger partial charge is 0.354 e. The molecule has 1 N–H and O–H groups in total. The Bertz CT molecular complexity index is 1170. The molecular weight excluding hydrogens is 496 g/mol. The molecule has 2 aromatic rings. The molecule has 0 aliphatic carbocycles. The maximum Gasteiger partial charge on any atom is 0.271 e. The molecule has 190 valence electrons. The van der Waals surface area contributed by atoms with E-state index < -0.39 is 33.4 Å². The minimum Gasteiger partial charge on any atom is -0.354 e. The zero-order valence-electron chi connectivity index (χ0n) is 19.8. The molecule has 12 heteroatoms. The Morgan fingerprint density at radius 3 is 2.46 bits per heavy atom. The van der Waals surface area contributed by atoms with Crippen molar-refractivity contribution in [3.8, 4) is 0 Å². The number of nitro benzene ring substituents is 1. The van der Waals surface area contributed by atoms with Gasteiger partial charge in [0.05, 0.1) is 16.9 Å². The van der Waals surface area contributed by atoms with Gasteiger partial charge in [-0.2, -0.15) is 0 Å². The summed E-state index contributed by atoms with van der Waals surface area (Å²) in [7, 11) is -3.99. The predicted octanol–water partition coefficient (Wildman–Crippen LogP) is 3.35. The van der Waals surface area contributed by atoms with Gasteiger partial charge >= 0.3 is 0 Å². The molecule has 0 saturated heterocycles. The molecular formula is C23H29ClN4O6S. The van der Waals surface area contributed by atoms with Crippen LogP contribution >= 0.6 is 11.6 Å². The quantitative estimate of drug-likeness (QED) is 0.257. The van der Waals surface area contributed by atoms with Crippen LogP contribution in [0.5, 0.6) is 0 Å². The number of nitro groups is 1. The van der Waals surface area contributed by atoms with Crippen LogP contribution in [0, 0.1) is 10.1 Å². The van der Waals surface area contributed by atoms with Gasteiger partial charge in [0.25, 0.3) is 5.69 Å². The highest BCUT2D eigenvalue weighted by Crippen LogP contribution is 2.24. The molecule has 0 aliphatic heterocycles. The first-order valence-corrected chi connectivity index (χ1v) is 13.2. The van der Waals surface area contributed by atoms with Gasteiger partial charge in [0, 0.05) is 30.2 Å². The van der Waals surface area contributed by atoms with Crippen LogP contribution in [0.15, 0.2) is 48.5 Å². The number of rotatable bonds is 12. The number of carbonyl (C=O) groups excluding carboxylic acids is 2. The van der Waals surface area contributed by atoms with E-state index in [-0.39, 0.29) is 23.8 Å². The lowest BCUT2D eigenvalue weighted by Crippen LogP contribution is -2.51. The van der Waals surface area contributed by atoms with Gasteiger partial charge < -0.3 is 10.2 Å². The number of hydrogen-bond acceptors (Lipinski definition) is 6. The predicted molar refractivity (Wildman–Crippen MR) is 135 cm³/mol. The number of anilines is 1. The number of nitrogens with zero attached hydrogens (tertiary/aromatic N) is 3. The second-order valence-electron chi connectivity index (χ2n) is 8.02. The molecule has 1 atom stereocenters. The van der Waals surface area contributed by atoms with Crippen molar-refractivity contribution in [1.29, 1.82) is 0 Å². The van der Waals surface area contributed by atoms with Crippen LogP contribution in [-0.4, -0.2) is 55.4 Å². The van der Waals surface area contributed by atoms with Crippen molar-refractivity contribution < 1.29 is 22.9 Å². The molecule has 10 nitrogen and oxygen atoms in total. The van der Waals surface area contributed by atoms with Gasteiger partial charge in [-0.3, -0.25) is 24.0 Å². The smallest absolute Gasteiger partial charge is 0.271 e. The number of hydrogen-bond donors (Lipinski definition) is 1. The number of halogens is 1. The Labute approximate surface area is 210 Å². The lowest BCUT2D eigenvalue weighted by molar-refractivity contribution is -0.384. The molecule has 0 fully saturated rings. The summed E-state index contributed by atoms with van der Waals surface area (Å²) in [4.78, 5) is 38.0. The van der Waals surface area contributed by atoms with Crippen molar-refractivity contribution in [2.24, 2.45) is 0 Å². The maximum absolute atomic E-state index is 13.4. The van der Waals surface area contributed by atoms with Crippen molar-refractivity contribution in [3.05, 3.63) is 69.2 Å². The van der Waals surface area contributed by atoms with Crippen molar-refractivity contribution in [1.82, 2.24) is 10.2 Å². The van der Waals surface area contributed by atoms with E-state index in [0.29, 0.717) is 17.1 Å². The van der Waals surface area contributed by atoms with Crippen molar-refractivity contribution in [3.63, 3.8) is 0 Å². The topological polar surface area (TPSA) is 130 Å². The van der Waals surface area contributed by atoms with E-state index in [2.05, 4.69) is 5.32 Å². The molecule has 0 heterocycles. The Hall–Kier alpha value is -3.18. The highest BCUT2D eigenvalue weighted by Gasteiger charge is 2.30. The SMILES string of the molecule is CCCCNC(=O)C(C)N(Cc1cccc(Cl)c1)C(=O)CN(c1cccc([N+](=O)[O-])c1)S(C)(=O)=O.